The van der Waals surface area contributed by atoms with Gasteiger partial charge in [-0.2, -0.15) is 0 Å². The third-order valence-electron chi connectivity index (χ3n) is 3.45. The van der Waals surface area contributed by atoms with Gasteiger partial charge in [-0.1, -0.05) is 23.7 Å². The molecule has 1 N–H and O–H groups in total. The average molecular weight is 254 g/mol. The van der Waals surface area contributed by atoms with Crippen molar-refractivity contribution in [3.8, 4) is 0 Å². The normalized spacial score (nSPS) is 21.6. The lowest BCUT2D eigenvalue weighted by Crippen LogP contribution is -2.30. The first kappa shape index (κ1) is 12.9. The van der Waals surface area contributed by atoms with E-state index in [1.165, 1.54) is 18.4 Å². The molecule has 1 saturated heterocycles. The van der Waals surface area contributed by atoms with Gasteiger partial charge in [0.1, 0.15) is 0 Å². The quantitative estimate of drug-likeness (QED) is 0.871. The number of hydrogen-bond donors (Lipinski definition) is 1. The Kier molecular flexibility index (Phi) is 4.84. The molecule has 3 heteroatoms. The molecule has 1 aromatic carbocycles. The van der Waals surface area contributed by atoms with Gasteiger partial charge in [-0.15, -0.1) is 0 Å². The van der Waals surface area contributed by atoms with Gasteiger partial charge in [-0.05, 0) is 49.9 Å². The Balaban J connectivity index is 1.87. The summed E-state index contributed by atoms with van der Waals surface area (Å²) in [7, 11) is 2.04. The number of hydrogen-bond acceptors (Lipinski definition) is 2. The van der Waals surface area contributed by atoms with E-state index in [-0.39, 0.29) is 0 Å². The van der Waals surface area contributed by atoms with E-state index in [1.807, 2.05) is 19.2 Å². The lowest BCUT2D eigenvalue weighted by atomic mass is 9.95. The van der Waals surface area contributed by atoms with Gasteiger partial charge in [0.05, 0.1) is 0 Å². The largest absolute Gasteiger partial charge is 0.381 e. The molecule has 0 aromatic heterocycles. The van der Waals surface area contributed by atoms with E-state index in [2.05, 4.69) is 17.4 Å². The van der Waals surface area contributed by atoms with Crippen molar-refractivity contribution in [1.29, 1.82) is 0 Å². The molecule has 1 aliphatic heterocycles. The van der Waals surface area contributed by atoms with Gasteiger partial charge in [0, 0.05) is 24.3 Å². The van der Waals surface area contributed by atoms with Crippen molar-refractivity contribution >= 4 is 11.6 Å². The van der Waals surface area contributed by atoms with Crippen molar-refractivity contribution in [2.24, 2.45) is 5.92 Å². The molecular weight excluding hydrogens is 234 g/mol. The van der Waals surface area contributed by atoms with Crippen molar-refractivity contribution in [1.82, 2.24) is 5.32 Å². The Morgan fingerprint density at radius 3 is 2.76 bits per heavy atom. The van der Waals surface area contributed by atoms with Crippen molar-refractivity contribution in [3.63, 3.8) is 0 Å². The van der Waals surface area contributed by atoms with Crippen LogP contribution in [0.3, 0.4) is 0 Å². The molecule has 2 unspecified atom stereocenters. The van der Waals surface area contributed by atoms with E-state index in [0.29, 0.717) is 6.04 Å². The van der Waals surface area contributed by atoms with E-state index < -0.39 is 0 Å². The third-order valence-corrected chi connectivity index (χ3v) is 3.70. The predicted octanol–water partition coefficient (Wildman–Crippen LogP) is 2.90. The van der Waals surface area contributed by atoms with Crippen LogP contribution in [-0.4, -0.2) is 26.3 Å². The first-order valence-electron chi connectivity index (χ1n) is 6.27. The molecule has 2 nitrogen and oxygen atoms in total. The van der Waals surface area contributed by atoms with Gasteiger partial charge >= 0.3 is 0 Å². The summed E-state index contributed by atoms with van der Waals surface area (Å²) in [4.78, 5) is 0. The van der Waals surface area contributed by atoms with E-state index in [1.54, 1.807) is 0 Å². The molecule has 0 aliphatic carbocycles. The third kappa shape index (κ3) is 3.98. The second-order valence-electron chi connectivity index (χ2n) is 4.78. The highest BCUT2D eigenvalue weighted by Gasteiger charge is 2.19. The average Bonchev–Trinajstić information content (AvgIpc) is 2.84. The van der Waals surface area contributed by atoms with Crippen LogP contribution in [0.4, 0.5) is 0 Å². The fourth-order valence-corrected chi connectivity index (χ4v) is 2.51. The predicted molar refractivity (Wildman–Crippen MR) is 71.5 cm³/mol. The highest BCUT2D eigenvalue weighted by atomic mass is 35.5. The molecular formula is C14H20ClNO. The minimum atomic E-state index is 0.530. The van der Waals surface area contributed by atoms with Crippen molar-refractivity contribution < 1.29 is 4.74 Å². The zero-order valence-electron chi connectivity index (χ0n) is 10.3. The van der Waals surface area contributed by atoms with Crippen LogP contribution >= 0.6 is 11.6 Å². The number of ether oxygens (including phenoxy) is 1. The van der Waals surface area contributed by atoms with Crippen LogP contribution in [0.15, 0.2) is 24.3 Å². The van der Waals surface area contributed by atoms with Gasteiger partial charge < -0.3 is 10.1 Å². The standard InChI is InChI=1S/C14H20ClNO/c1-16-14(9-12-6-7-17-10-12)8-11-2-4-13(15)5-3-11/h2-5,12,14,16H,6-10H2,1H3. The van der Waals surface area contributed by atoms with Gasteiger partial charge in [0.25, 0.3) is 0 Å². The zero-order chi connectivity index (χ0) is 12.1. The Hall–Kier alpha value is -0.570. The van der Waals surface area contributed by atoms with Crippen LogP contribution in [0, 0.1) is 5.92 Å². The van der Waals surface area contributed by atoms with Crippen LogP contribution in [0.25, 0.3) is 0 Å². The maximum Gasteiger partial charge on any atom is 0.0495 e. The summed E-state index contributed by atoms with van der Waals surface area (Å²) in [6, 6.07) is 8.67. The van der Waals surface area contributed by atoms with Crippen molar-refractivity contribution in [2.45, 2.75) is 25.3 Å². The first-order valence-corrected chi connectivity index (χ1v) is 6.65. The number of nitrogens with one attached hydrogen (secondary N) is 1. The molecule has 1 aliphatic rings. The van der Waals surface area contributed by atoms with Crippen LogP contribution in [0.2, 0.25) is 5.02 Å². The highest BCUT2D eigenvalue weighted by molar-refractivity contribution is 6.30. The Bertz CT molecular complexity index is 333. The van der Waals surface area contributed by atoms with E-state index in [0.717, 1.165) is 30.6 Å². The summed E-state index contributed by atoms with van der Waals surface area (Å²) in [5.41, 5.74) is 1.34. The lowest BCUT2D eigenvalue weighted by molar-refractivity contribution is 0.181. The van der Waals surface area contributed by atoms with E-state index in [4.69, 9.17) is 16.3 Å². The van der Waals surface area contributed by atoms with Gasteiger partial charge in [-0.25, -0.2) is 0 Å². The summed E-state index contributed by atoms with van der Waals surface area (Å²) in [6.07, 6.45) is 3.46. The lowest BCUT2D eigenvalue weighted by Gasteiger charge is -2.19. The molecule has 1 fully saturated rings. The monoisotopic (exact) mass is 253 g/mol. The maximum atomic E-state index is 5.89. The summed E-state index contributed by atoms with van der Waals surface area (Å²) in [6.45, 7) is 1.86. The summed E-state index contributed by atoms with van der Waals surface area (Å²) in [5, 5.41) is 4.21. The van der Waals surface area contributed by atoms with E-state index in [9.17, 15) is 0 Å². The molecule has 94 valence electrons. The summed E-state index contributed by atoms with van der Waals surface area (Å²) < 4.78 is 5.42. The number of benzene rings is 1. The maximum absolute atomic E-state index is 5.89. The Morgan fingerprint density at radius 2 is 2.18 bits per heavy atom. The topological polar surface area (TPSA) is 21.3 Å². The van der Waals surface area contributed by atoms with Gasteiger partial charge in [0.15, 0.2) is 0 Å². The number of rotatable bonds is 5. The molecule has 2 atom stereocenters. The SMILES string of the molecule is CNC(Cc1ccc(Cl)cc1)CC1CCOC1. The fraction of sp³-hybridized carbons (Fsp3) is 0.571. The van der Waals surface area contributed by atoms with Crippen LogP contribution in [0.5, 0.6) is 0 Å². The Morgan fingerprint density at radius 1 is 1.41 bits per heavy atom. The molecule has 0 radical (unpaired) electrons. The minimum Gasteiger partial charge on any atom is -0.381 e. The smallest absolute Gasteiger partial charge is 0.0495 e. The van der Waals surface area contributed by atoms with Crippen molar-refractivity contribution in [3.05, 3.63) is 34.9 Å². The molecule has 0 bridgehead atoms. The molecule has 17 heavy (non-hydrogen) atoms. The number of halogens is 1. The van der Waals surface area contributed by atoms with Gasteiger partial charge in [-0.3, -0.25) is 0 Å². The van der Waals surface area contributed by atoms with Crippen LogP contribution < -0.4 is 5.32 Å². The molecule has 0 amide bonds. The first-order chi connectivity index (χ1) is 8.28. The fourth-order valence-electron chi connectivity index (χ4n) is 2.38. The van der Waals surface area contributed by atoms with E-state index >= 15 is 0 Å². The second kappa shape index (κ2) is 6.39. The number of likely N-dealkylation sites (N-methyl/N-ethyl adjacent to an activating group) is 1. The molecule has 0 spiro atoms. The zero-order valence-corrected chi connectivity index (χ0v) is 11.0. The molecule has 1 heterocycles. The second-order valence-corrected chi connectivity index (χ2v) is 5.22. The highest BCUT2D eigenvalue weighted by Crippen LogP contribution is 2.20. The minimum absolute atomic E-state index is 0.530. The summed E-state index contributed by atoms with van der Waals surface area (Å²) >= 11 is 5.89. The summed E-state index contributed by atoms with van der Waals surface area (Å²) in [5.74, 6) is 0.722. The van der Waals surface area contributed by atoms with Crippen LogP contribution in [0.1, 0.15) is 18.4 Å². The Labute approximate surface area is 108 Å². The molecule has 1 aromatic rings. The van der Waals surface area contributed by atoms with Crippen LogP contribution in [-0.2, 0) is 11.2 Å². The molecule has 2 rings (SSSR count). The van der Waals surface area contributed by atoms with Gasteiger partial charge in [0.2, 0.25) is 0 Å². The van der Waals surface area contributed by atoms with Crippen molar-refractivity contribution in [2.75, 3.05) is 20.3 Å². The molecule has 0 saturated carbocycles.